The van der Waals surface area contributed by atoms with Crippen molar-refractivity contribution in [2.45, 2.75) is 43.9 Å². The number of hydrogen-bond donors (Lipinski definition) is 1. The summed E-state index contributed by atoms with van der Waals surface area (Å²) in [5.41, 5.74) is -2.66. The normalized spacial score (nSPS) is 16.1. The second kappa shape index (κ2) is 10.1. The van der Waals surface area contributed by atoms with Gasteiger partial charge in [0.05, 0.1) is 33.8 Å². The van der Waals surface area contributed by atoms with Crippen molar-refractivity contribution in [2.24, 2.45) is 5.41 Å². The Balaban J connectivity index is 1.84. The smallest absolute Gasteiger partial charge is 0.416 e. The van der Waals surface area contributed by atoms with Gasteiger partial charge in [0.1, 0.15) is 17.5 Å². The van der Waals surface area contributed by atoms with Gasteiger partial charge in [0.2, 0.25) is 0 Å². The number of carbonyl (C=O) groups is 1. The molecule has 4 rings (SSSR count). The monoisotopic (exact) mass is 570 g/mol. The zero-order valence-corrected chi connectivity index (χ0v) is 21.4. The molecule has 0 bridgehead atoms. The fourth-order valence-corrected chi connectivity index (χ4v) is 5.70. The average Bonchev–Trinajstić information content (AvgIpc) is 2.87. The number of nitrogens with zero attached hydrogens (tertiary/aromatic N) is 2. The number of benzene rings is 2. The van der Waals surface area contributed by atoms with Gasteiger partial charge in [-0.3, -0.25) is 9.10 Å². The Labute approximate surface area is 220 Å². The van der Waals surface area contributed by atoms with E-state index in [0.717, 1.165) is 28.6 Å². The molecule has 39 heavy (non-hydrogen) atoms. The number of aromatic nitrogens is 1. The third-order valence-corrected chi connectivity index (χ3v) is 8.02. The summed E-state index contributed by atoms with van der Waals surface area (Å²) >= 11 is 0. The Morgan fingerprint density at radius 2 is 1.79 bits per heavy atom. The molecule has 3 aromatic rings. The van der Waals surface area contributed by atoms with Crippen LogP contribution in [0.25, 0.3) is 11.3 Å². The Hall–Kier alpha value is -3.74. The van der Waals surface area contributed by atoms with Gasteiger partial charge in [-0.25, -0.2) is 22.2 Å². The quantitative estimate of drug-likeness (QED) is 0.342. The highest BCUT2D eigenvalue weighted by Crippen LogP contribution is 2.42. The molecule has 208 valence electrons. The summed E-state index contributed by atoms with van der Waals surface area (Å²) in [6, 6.07) is 11.4. The van der Waals surface area contributed by atoms with Crippen molar-refractivity contribution in [1.29, 1.82) is 0 Å². The fraction of sp³-hybridized carbons (Fsp3) is 0.308. The number of hydrogen-bond acceptors (Lipinski definition) is 5. The van der Waals surface area contributed by atoms with E-state index in [9.17, 15) is 40.3 Å². The number of anilines is 1. The van der Waals surface area contributed by atoms with Crippen LogP contribution in [0.3, 0.4) is 0 Å². The maximum Gasteiger partial charge on any atom is 0.416 e. The van der Waals surface area contributed by atoms with Crippen molar-refractivity contribution in [3.8, 4) is 17.0 Å². The largest absolute Gasteiger partial charge is 0.486 e. The molecule has 2 heterocycles. The molecule has 0 spiro atoms. The number of ether oxygens (including phenoxy) is 1. The van der Waals surface area contributed by atoms with Crippen molar-refractivity contribution in [3.63, 3.8) is 0 Å². The molecule has 13 heteroatoms. The van der Waals surface area contributed by atoms with Crippen LogP contribution < -0.4 is 9.04 Å². The van der Waals surface area contributed by atoms with Crippen LogP contribution in [0.1, 0.15) is 38.0 Å². The lowest BCUT2D eigenvalue weighted by atomic mass is 9.86. The molecule has 7 nitrogen and oxygen atoms in total. The lowest BCUT2D eigenvalue weighted by molar-refractivity contribution is -0.148. The molecule has 1 unspecified atom stereocenters. The highest BCUT2D eigenvalue weighted by Gasteiger charge is 2.40. The molecule has 0 radical (unpaired) electrons. The minimum atomic E-state index is -4.79. The van der Waals surface area contributed by atoms with E-state index in [-0.39, 0.29) is 29.1 Å². The summed E-state index contributed by atoms with van der Waals surface area (Å²) in [5, 5.41) is 9.55. The molecule has 0 saturated heterocycles. The molecule has 0 fully saturated rings. The Kier molecular flexibility index (Phi) is 7.32. The molecule has 0 aliphatic carbocycles. The van der Waals surface area contributed by atoms with Gasteiger partial charge in [0.15, 0.2) is 0 Å². The number of fused-ring (bicyclic) bond motifs is 1. The van der Waals surface area contributed by atoms with E-state index in [2.05, 4.69) is 4.98 Å². The molecule has 1 atom stereocenters. The molecule has 1 aliphatic heterocycles. The molecule has 0 saturated carbocycles. The minimum absolute atomic E-state index is 0.0248. The van der Waals surface area contributed by atoms with Gasteiger partial charge in [-0.05, 0) is 62.4 Å². The van der Waals surface area contributed by atoms with E-state index in [0.29, 0.717) is 6.07 Å². The third kappa shape index (κ3) is 5.82. The first-order valence-corrected chi connectivity index (χ1v) is 13.0. The van der Waals surface area contributed by atoms with Crippen LogP contribution in [0.15, 0.2) is 65.6 Å². The number of halogens is 5. The van der Waals surface area contributed by atoms with E-state index in [4.69, 9.17) is 4.74 Å². The summed E-state index contributed by atoms with van der Waals surface area (Å²) in [4.78, 5) is 15.0. The number of alkyl halides is 5. The number of pyridine rings is 1. The maximum absolute atomic E-state index is 13.7. The number of sulfonamides is 1. The van der Waals surface area contributed by atoms with E-state index >= 15 is 0 Å². The first kappa shape index (κ1) is 28.3. The van der Waals surface area contributed by atoms with Gasteiger partial charge < -0.3 is 9.84 Å². The zero-order valence-electron chi connectivity index (χ0n) is 20.6. The molecule has 0 amide bonds. The van der Waals surface area contributed by atoms with E-state index in [1.807, 2.05) is 0 Å². The lowest BCUT2D eigenvalue weighted by Gasteiger charge is -2.37. The predicted molar refractivity (Wildman–Crippen MR) is 131 cm³/mol. The summed E-state index contributed by atoms with van der Waals surface area (Å²) in [7, 11) is -4.62. The number of carboxylic acid groups (broad SMARTS) is 1. The van der Waals surface area contributed by atoms with Gasteiger partial charge >= 0.3 is 12.1 Å². The van der Waals surface area contributed by atoms with Gasteiger partial charge in [-0.2, -0.15) is 13.2 Å². The summed E-state index contributed by atoms with van der Waals surface area (Å²) in [6.07, 6.45) is -8.72. The molecule has 1 aromatic heterocycles. The molecular weight excluding hydrogens is 547 g/mol. The topological polar surface area (TPSA) is 96.8 Å². The second-order valence-electron chi connectivity index (χ2n) is 9.63. The Morgan fingerprint density at radius 3 is 2.44 bits per heavy atom. The van der Waals surface area contributed by atoms with Crippen molar-refractivity contribution < 1.29 is 45.0 Å². The Morgan fingerprint density at radius 1 is 1.10 bits per heavy atom. The SMILES string of the molecule is CC(C)(CC1CN(S(=O)(=O)c2cccc(C(F)(F)F)c2)c2cc(-c3cccc(C(F)F)n3)ccc2O1)C(=O)O. The number of carboxylic acids is 1. The summed E-state index contributed by atoms with van der Waals surface area (Å²) < 4.78 is 101. The molecule has 2 aromatic carbocycles. The van der Waals surface area contributed by atoms with Crippen LogP contribution in [0.5, 0.6) is 5.75 Å². The third-order valence-electron chi connectivity index (χ3n) is 6.25. The van der Waals surface area contributed by atoms with E-state index in [1.54, 1.807) is 0 Å². The number of aliphatic carboxylic acids is 1. The average molecular weight is 571 g/mol. The summed E-state index contributed by atoms with van der Waals surface area (Å²) in [5.74, 6) is -1.12. The van der Waals surface area contributed by atoms with Gasteiger partial charge in [0, 0.05) is 12.0 Å². The standard InChI is InChI=1S/C26H23F5N2O5S/c1-25(2,24(34)35)13-17-14-33(39(36,37)18-6-3-5-16(12-18)26(29,30)31)21-11-15(9-10-22(21)38-17)19-7-4-8-20(32-19)23(27)28/h3-12,17,23H,13-14H2,1-2H3,(H,34,35). The maximum atomic E-state index is 13.7. The lowest BCUT2D eigenvalue weighted by Crippen LogP contribution is -2.46. The van der Waals surface area contributed by atoms with Gasteiger partial charge in [-0.1, -0.05) is 12.1 Å². The van der Waals surface area contributed by atoms with Gasteiger partial charge in [0.25, 0.3) is 16.4 Å². The van der Waals surface area contributed by atoms with Crippen LogP contribution in [0.4, 0.5) is 27.6 Å². The second-order valence-corrected chi connectivity index (χ2v) is 11.5. The van der Waals surface area contributed by atoms with Crippen molar-refractivity contribution in [2.75, 3.05) is 10.8 Å². The molecular formula is C26H23F5N2O5S. The Bertz CT molecular complexity index is 1510. The minimum Gasteiger partial charge on any atom is -0.486 e. The highest BCUT2D eigenvalue weighted by molar-refractivity contribution is 7.92. The van der Waals surface area contributed by atoms with Crippen molar-refractivity contribution >= 4 is 21.7 Å². The van der Waals surface area contributed by atoms with E-state index in [1.165, 1.54) is 44.2 Å². The number of rotatable bonds is 7. The zero-order chi connectivity index (χ0) is 28.8. The van der Waals surface area contributed by atoms with E-state index < -0.39 is 62.8 Å². The van der Waals surface area contributed by atoms with Crippen LogP contribution in [-0.2, 0) is 21.0 Å². The van der Waals surface area contributed by atoms with Crippen LogP contribution >= 0.6 is 0 Å². The van der Waals surface area contributed by atoms with Crippen molar-refractivity contribution in [1.82, 2.24) is 4.98 Å². The first-order valence-electron chi connectivity index (χ1n) is 11.6. The van der Waals surface area contributed by atoms with Crippen molar-refractivity contribution in [3.05, 3.63) is 71.9 Å². The van der Waals surface area contributed by atoms with Gasteiger partial charge in [-0.15, -0.1) is 0 Å². The van der Waals surface area contributed by atoms with Crippen LogP contribution in [0, 0.1) is 5.41 Å². The van der Waals surface area contributed by atoms with Crippen LogP contribution in [0.2, 0.25) is 0 Å². The predicted octanol–water partition coefficient (Wildman–Crippen LogP) is 6.16. The summed E-state index contributed by atoms with van der Waals surface area (Å²) in [6.45, 7) is 2.46. The molecule has 1 N–H and O–H groups in total. The molecule has 1 aliphatic rings. The highest BCUT2D eigenvalue weighted by atomic mass is 32.2. The van der Waals surface area contributed by atoms with Crippen LogP contribution in [-0.4, -0.2) is 37.1 Å². The first-order chi connectivity index (χ1) is 18.1. The fourth-order valence-electron chi connectivity index (χ4n) is 4.16.